The highest BCUT2D eigenvalue weighted by molar-refractivity contribution is 5.96. The SMILES string of the molecule is COCCCn1c(C)cc(C(=O)N2CC3(C2)OCc2nc(-c4ccccc4)ncc23)c1C. The third-order valence-electron chi connectivity index (χ3n) is 6.59. The molecule has 0 atom stereocenters. The molecule has 1 amide bonds. The van der Waals surface area contributed by atoms with Crippen molar-refractivity contribution in [3.63, 3.8) is 0 Å². The predicted molar refractivity (Wildman–Crippen MR) is 120 cm³/mol. The third-order valence-corrected chi connectivity index (χ3v) is 6.59. The Morgan fingerprint density at radius 3 is 2.75 bits per heavy atom. The van der Waals surface area contributed by atoms with E-state index in [0.29, 0.717) is 32.1 Å². The van der Waals surface area contributed by atoms with E-state index in [-0.39, 0.29) is 5.91 Å². The minimum atomic E-state index is -0.482. The summed E-state index contributed by atoms with van der Waals surface area (Å²) in [6.07, 6.45) is 2.80. The number of rotatable bonds is 6. The number of ether oxygens (including phenoxy) is 2. The van der Waals surface area contributed by atoms with Gasteiger partial charge in [-0.2, -0.15) is 0 Å². The first kappa shape index (κ1) is 20.8. The van der Waals surface area contributed by atoms with Gasteiger partial charge in [-0.05, 0) is 26.3 Å². The Hall–Kier alpha value is -3.03. The van der Waals surface area contributed by atoms with Crippen molar-refractivity contribution in [1.82, 2.24) is 19.4 Å². The van der Waals surface area contributed by atoms with Gasteiger partial charge >= 0.3 is 0 Å². The van der Waals surface area contributed by atoms with Gasteiger partial charge in [0.1, 0.15) is 5.60 Å². The van der Waals surface area contributed by atoms with E-state index in [1.807, 2.05) is 61.3 Å². The standard InChI is InChI=1S/C25H28N4O3/c1-17-12-20(18(2)29(17)10-7-11-31-3)24(30)28-15-25(16-28)21-13-26-23(27-22(21)14-32-25)19-8-5-4-6-9-19/h4-6,8-9,12-13H,7,10-11,14-16H2,1-3H3. The van der Waals surface area contributed by atoms with Gasteiger partial charge < -0.3 is 18.9 Å². The Kier molecular flexibility index (Phi) is 5.31. The lowest BCUT2D eigenvalue weighted by molar-refractivity contribution is -0.126. The molecule has 7 heteroatoms. The highest BCUT2D eigenvalue weighted by atomic mass is 16.5. The Morgan fingerprint density at radius 1 is 1.22 bits per heavy atom. The van der Waals surface area contributed by atoms with Crippen LogP contribution in [0.4, 0.5) is 0 Å². The van der Waals surface area contributed by atoms with Crippen molar-refractivity contribution in [2.45, 2.75) is 39.0 Å². The average Bonchev–Trinajstić information content (AvgIpc) is 3.31. The third kappa shape index (κ3) is 3.42. The maximum atomic E-state index is 13.2. The van der Waals surface area contributed by atoms with Gasteiger partial charge in [-0.1, -0.05) is 30.3 Å². The second-order valence-electron chi connectivity index (χ2n) is 8.65. The normalized spacial score (nSPS) is 16.3. The van der Waals surface area contributed by atoms with Crippen LogP contribution in [0.1, 0.15) is 39.4 Å². The monoisotopic (exact) mass is 432 g/mol. The lowest BCUT2D eigenvalue weighted by atomic mass is 9.87. The van der Waals surface area contributed by atoms with Gasteiger partial charge in [-0.3, -0.25) is 4.79 Å². The summed E-state index contributed by atoms with van der Waals surface area (Å²) in [4.78, 5) is 24.4. The highest BCUT2D eigenvalue weighted by Gasteiger charge is 2.53. The van der Waals surface area contributed by atoms with E-state index in [2.05, 4.69) is 9.55 Å². The zero-order chi connectivity index (χ0) is 22.3. The zero-order valence-electron chi connectivity index (χ0n) is 18.8. The van der Waals surface area contributed by atoms with Gasteiger partial charge in [0.2, 0.25) is 0 Å². The summed E-state index contributed by atoms with van der Waals surface area (Å²) < 4.78 is 13.5. The minimum absolute atomic E-state index is 0.0561. The molecule has 2 aliphatic heterocycles. The summed E-state index contributed by atoms with van der Waals surface area (Å²) in [6, 6.07) is 11.9. The molecule has 0 saturated carbocycles. The fraction of sp³-hybridized carbons (Fsp3) is 0.400. The second-order valence-corrected chi connectivity index (χ2v) is 8.65. The molecular formula is C25H28N4O3. The van der Waals surface area contributed by atoms with Gasteiger partial charge in [-0.15, -0.1) is 0 Å². The molecule has 3 aromatic rings. The second kappa shape index (κ2) is 8.15. The molecule has 5 rings (SSSR count). The maximum absolute atomic E-state index is 13.2. The predicted octanol–water partition coefficient (Wildman–Crippen LogP) is 3.48. The van der Waals surface area contributed by atoms with Gasteiger partial charge in [-0.25, -0.2) is 9.97 Å². The molecule has 0 unspecified atom stereocenters. The van der Waals surface area contributed by atoms with Crippen molar-refractivity contribution in [3.8, 4) is 11.4 Å². The molecule has 7 nitrogen and oxygen atoms in total. The molecule has 0 aliphatic carbocycles. The summed E-state index contributed by atoms with van der Waals surface area (Å²) in [5.41, 5.74) is 5.30. The number of hydrogen-bond acceptors (Lipinski definition) is 5. The van der Waals surface area contributed by atoms with Crippen molar-refractivity contribution in [1.29, 1.82) is 0 Å². The van der Waals surface area contributed by atoms with E-state index < -0.39 is 5.60 Å². The van der Waals surface area contributed by atoms with Gasteiger partial charge in [0, 0.05) is 49.0 Å². The first-order valence-electron chi connectivity index (χ1n) is 11.0. The van der Waals surface area contributed by atoms with Crippen LogP contribution >= 0.6 is 0 Å². The highest BCUT2D eigenvalue weighted by Crippen LogP contribution is 2.43. The Labute approximate surface area is 188 Å². The summed E-state index contributed by atoms with van der Waals surface area (Å²) in [5.74, 6) is 0.763. The van der Waals surface area contributed by atoms with Crippen molar-refractivity contribution in [2.75, 3.05) is 26.8 Å². The summed E-state index contributed by atoms with van der Waals surface area (Å²) in [7, 11) is 1.71. The summed E-state index contributed by atoms with van der Waals surface area (Å²) in [6.45, 7) is 7.13. The van der Waals surface area contributed by atoms with Gasteiger partial charge in [0.05, 0.1) is 31.0 Å². The number of carbonyl (C=O) groups is 1. The lowest BCUT2D eigenvalue weighted by Crippen LogP contribution is -2.61. The Bertz CT molecular complexity index is 1150. The number of aromatic nitrogens is 3. The van der Waals surface area contributed by atoms with Crippen molar-refractivity contribution in [3.05, 3.63) is 70.8 Å². The number of aryl methyl sites for hydroxylation is 1. The van der Waals surface area contributed by atoms with Crippen LogP contribution in [0.25, 0.3) is 11.4 Å². The summed E-state index contributed by atoms with van der Waals surface area (Å²) >= 11 is 0. The average molecular weight is 433 g/mol. The number of hydrogen-bond donors (Lipinski definition) is 0. The number of benzene rings is 1. The molecule has 2 aliphatic rings. The van der Waals surface area contributed by atoms with Crippen molar-refractivity contribution >= 4 is 5.91 Å². The summed E-state index contributed by atoms with van der Waals surface area (Å²) in [5, 5.41) is 0. The Morgan fingerprint density at radius 2 is 2.00 bits per heavy atom. The van der Waals surface area contributed by atoms with Crippen LogP contribution in [0.3, 0.4) is 0 Å². The molecular weight excluding hydrogens is 404 g/mol. The molecule has 166 valence electrons. The van der Waals surface area contributed by atoms with Crippen LogP contribution in [-0.2, 0) is 28.2 Å². The minimum Gasteiger partial charge on any atom is -0.385 e. The zero-order valence-corrected chi connectivity index (χ0v) is 18.8. The van der Waals surface area contributed by atoms with E-state index in [0.717, 1.165) is 46.7 Å². The molecule has 1 fully saturated rings. The quantitative estimate of drug-likeness (QED) is 0.558. The van der Waals surface area contributed by atoms with Crippen LogP contribution in [0.15, 0.2) is 42.6 Å². The number of fused-ring (bicyclic) bond motifs is 2. The first-order valence-corrected chi connectivity index (χ1v) is 11.0. The topological polar surface area (TPSA) is 69.5 Å². The van der Waals surface area contributed by atoms with Crippen molar-refractivity contribution in [2.24, 2.45) is 0 Å². The number of nitrogens with zero attached hydrogens (tertiary/aromatic N) is 4. The van der Waals surface area contributed by atoms with E-state index in [4.69, 9.17) is 14.5 Å². The van der Waals surface area contributed by atoms with Crippen molar-refractivity contribution < 1.29 is 14.3 Å². The van der Waals surface area contributed by atoms with Gasteiger partial charge in [0.25, 0.3) is 5.91 Å². The number of amides is 1. The fourth-order valence-corrected chi connectivity index (χ4v) is 4.79. The molecule has 1 spiro atoms. The van der Waals surface area contributed by atoms with E-state index in [9.17, 15) is 4.79 Å². The molecule has 32 heavy (non-hydrogen) atoms. The Balaban J connectivity index is 1.31. The van der Waals surface area contributed by atoms with Crippen LogP contribution < -0.4 is 0 Å². The van der Waals surface area contributed by atoms with E-state index >= 15 is 0 Å². The molecule has 0 bridgehead atoms. The fourth-order valence-electron chi connectivity index (χ4n) is 4.79. The largest absolute Gasteiger partial charge is 0.385 e. The molecule has 2 aromatic heterocycles. The lowest BCUT2D eigenvalue weighted by Gasteiger charge is -2.47. The molecule has 0 N–H and O–H groups in total. The van der Waals surface area contributed by atoms with Crippen LogP contribution in [0.5, 0.6) is 0 Å². The number of methoxy groups -OCH3 is 1. The number of carbonyl (C=O) groups excluding carboxylic acids is 1. The smallest absolute Gasteiger partial charge is 0.255 e. The molecule has 1 aromatic carbocycles. The van der Waals surface area contributed by atoms with Gasteiger partial charge in [0.15, 0.2) is 5.82 Å². The molecule has 1 saturated heterocycles. The van der Waals surface area contributed by atoms with Crippen LogP contribution in [-0.4, -0.2) is 52.1 Å². The van der Waals surface area contributed by atoms with E-state index in [1.165, 1.54) is 0 Å². The maximum Gasteiger partial charge on any atom is 0.255 e. The first-order chi connectivity index (χ1) is 15.5. The molecule has 0 radical (unpaired) electrons. The van der Waals surface area contributed by atoms with Crippen LogP contribution in [0, 0.1) is 13.8 Å². The number of likely N-dealkylation sites (tertiary alicyclic amines) is 1. The van der Waals surface area contributed by atoms with E-state index in [1.54, 1.807) is 7.11 Å². The van der Waals surface area contributed by atoms with Crippen LogP contribution in [0.2, 0.25) is 0 Å². The molecule has 4 heterocycles.